The van der Waals surface area contributed by atoms with Crippen LogP contribution in [0.2, 0.25) is 0 Å². The van der Waals surface area contributed by atoms with Crippen molar-refractivity contribution in [2.75, 3.05) is 13.1 Å². The zero-order valence-corrected chi connectivity index (χ0v) is 23.0. The van der Waals surface area contributed by atoms with E-state index in [9.17, 15) is 29.5 Å². The zero-order chi connectivity index (χ0) is 28.5. The molecule has 1 aromatic carbocycles. The van der Waals surface area contributed by atoms with E-state index in [1.54, 1.807) is 37.8 Å². The van der Waals surface area contributed by atoms with Gasteiger partial charge in [-0.15, -0.1) is 0 Å². The first-order valence-electron chi connectivity index (χ1n) is 14.1. The highest BCUT2D eigenvalue weighted by Crippen LogP contribution is 2.48. The van der Waals surface area contributed by atoms with Gasteiger partial charge in [0.2, 0.25) is 11.8 Å². The number of ether oxygens (including phenoxy) is 1. The molecule has 1 aromatic rings. The fraction of sp³-hybridized carbons (Fsp3) is 0.621. The van der Waals surface area contributed by atoms with Crippen molar-refractivity contribution in [1.82, 2.24) is 20.0 Å². The minimum Gasteiger partial charge on any atom is -0.478 e. The van der Waals surface area contributed by atoms with Crippen molar-refractivity contribution < 1.29 is 29.0 Å². The number of carbonyl (C=O) groups excluding carboxylic acids is 3. The lowest BCUT2D eigenvalue weighted by atomic mass is 10.0. The maximum absolute atomic E-state index is 13.8. The van der Waals surface area contributed by atoms with Crippen LogP contribution < -0.4 is 5.32 Å². The van der Waals surface area contributed by atoms with Gasteiger partial charge in [-0.25, -0.2) is 9.59 Å². The molecule has 11 heteroatoms. The van der Waals surface area contributed by atoms with E-state index < -0.39 is 35.8 Å². The van der Waals surface area contributed by atoms with E-state index in [1.807, 2.05) is 15.9 Å². The Labute approximate surface area is 233 Å². The second-order valence-electron chi connectivity index (χ2n) is 12.8. The molecular formula is C29H35N5O6. The molecule has 5 aliphatic rings. The molecule has 4 fully saturated rings. The zero-order valence-electron chi connectivity index (χ0n) is 23.0. The van der Waals surface area contributed by atoms with Gasteiger partial charge < -0.3 is 25.0 Å². The summed E-state index contributed by atoms with van der Waals surface area (Å²) in [6.07, 6.45) is 2.95. The van der Waals surface area contributed by atoms with Crippen molar-refractivity contribution in [3.8, 4) is 6.07 Å². The number of likely N-dealkylation sites (tertiary alicyclic amines) is 3. The second kappa shape index (κ2) is 9.47. The Morgan fingerprint density at radius 2 is 1.98 bits per heavy atom. The fourth-order valence-electron chi connectivity index (χ4n) is 7.26. The molecule has 2 aliphatic carbocycles. The summed E-state index contributed by atoms with van der Waals surface area (Å²) >= 11 is 0. The van der Waals surface area contributed by atoms with Gasteiger partial charge in [0.15, 0.2) is 0 Å². The van der Waals surface area contributed by atoms with Crippen molar-refractivity contribution in [3.63, 3.8) is 0 Å². The van der Waals surface area contributed by atoms with Gasteiger partial charge in [0.1, 0.15) is 17.7 Å². The number of carboxylic acids is 1. The van der Waals surface area contributed by atoms with Crippen molar-refractivity contribution in [2.24, 2.45) is 5.92 Å². The number of hydrogen-bond acceptors (Lipinski definition) is 7. The smallest absolute Gasteiger partial charge is 0.408 e. The number of benzene rings is 1. The van der Waals surface area contributed by atoms with Crippen LogP contribution in [-0.2, 0) is 20.7 Å². The lowest BCUT2D eigenvalue weighted by Gasteiger charge is -2.39. The van der Waals surface area contributed by atoms with Crippen molar-refractivity contribution in [3.05, 3.63) is 34.9 Å². The van der Waals surface area contributed by atoms with Crippen molar-refractivity contribution in [1.29, 1.82) is 5.26 Å². The molecule has 0 unspecified atom stereocenters. The summed E-state index contributed by atoms with van der Waals surface area (Å²) in [7, 11) is 0. The third-order valence-corrected chi connectivity index (χ3v) is 9.00. The third kappa shape index (κ3) is 4.58. The number of aryl methyl sites for hydroxylation is 1. The van der Waals surface area contributed by atoms with E-state index in [-0.39, 0.29) is 42.0 Å². The van der Waals surface area contributed by atoms with E-state index in [4.69, 9.17) is 4.74 Å². The second-order valence-corrected chi connectivity index (χ2v) is 12.8. The first-order valence-corrected chi connectivity index (χ1v) is 14.1. The topological polar surface area (TPSA) is 143 Å². The lowest BCUT2D eigenvalue weighted by Crippen LogP contribution is -2.59. The molecule has 0 aromatic heterocycles. The van der Waals surface area contributed by atoms with Gasteiger partial charge in [-0.05, 0) is 82.1 Å². The summed E-state index contributed by atoms with van der Waals surface area (Å²) in [6.45, 7) is 5.99. The van der Waals surface area contributed by atoms with Crippen LogP contribution in [0, 0.1) is 17.2 Å². The summed E-state index contributed by atoms with van der Waals surface area (Å²) in [5, 5.41) is 21.7. The molecule has 1 saturated carbocycles. The number of nitrogens with zero attached hydrogens (tertiary/aromatic N) is 4. The van der Waals surface area contributed by atoms with Crippen molar-refractivity contribution in [2.45, 2.75) is 94.7 Å². The normalized spacial score (nSPS) is 31.0. The Hall–Kier alpha value is -3.65. The van der Waals surface area contributed by atoms with Crippen LogP contribution in [0.3, 0.4) is 0 Å². The predicted molar refractivity (Wildman–Crippen MR) is 141 cm³/mol. The van der Waals surface area contributed by atoms with Crippen LogP contribution in [0.15, 0.2) is 18.2 Å². The third-order valence-electron chi connectivity index (χ3n) is 9.00. The van der Waals surface area contributed by atoms with E-state index in [2.05, 4.69) is 11.4 Å². The minimum absolute atomic E-state index is 0.00166. The van der Waals surface area contributed by atoms with Gasteiger partial charge in [-0.1, -0.05) is 6.07 Å². The number of nitriles is 1. The molecule has 2 bridgehead atoms. The van der Waals surface area contributed by atoms with Gasteiger partial charge in [0.25, 0.3) is 0 Å². The van der Waals surface area contributed by atoms with Gasteiger partial charge in [0, 0.05) is 25.2 Å². The Balaban J connectivity index is 1.18. The molecule has 0 spiro atoms. The number of piperazine rings is 1. The number of fused-ring (bicyclic) bond motifs is 4. The summed E-state index contributed by atoms with van der Waals surface area (Å²) in [5.74, 6) is -0.921. The predicted octanol–water partition coefficient (Wildman–Crippen LogP) is 2.06. The molecule has 0 radical (unpaired) electrons. The molecule has 3 aliphatic heterocycles. The quantitative estimate of drug-likeness (QED) is 0.549. The Morgan fingerprint density at radius 1 is 1.20 bits per heavy atom. The van der Waals surface area contributed by atoms with Crippen LogP contribution in [0.5, 0.6) is 0 Å². The summed E-state index contributed by atoms with van der Waals surface area (Å²) in [5.41, 5.74) is 1.49. The van der Waals surface area contributed by atoms with Crippen LogP contribution >= 0.6 is 0 Å². The maximum atomic E-state index is 13.8. The van der Waals surface area contributed by atoms with Crippen LogP contribution in [0.4, 0.5) is 4.79 Å². The highest BCUT2D eigenvalue weighted by molar-refractivity contribution is 5.90. The monoisotopic (exact) mass is 549 g/mol. The highest BCUT2D eigenvalue weighted by atomic mass is 16.6. The highest BCUT2D eigenvalue weighted by Gasteiger charge is 2.57. The summed E-state index contributed by atoms with van der Waals surface area (Å²) in [6, 6.07) is 5.45. The molecule has 2 N–H and O–H groups in total. The molecule has 6 rings (SSSR count). The number of nitrogens with one attached hydrogen (secondary N) is 1. The first kappa shape index (κ1) is 26.6. The average Bonchev–Trinajstić information content (AvgIpc) is 3.22. The van der Waals surface area contributed by atoms with Crippen LogP contribution in [-0.4, -0.2) is 92.6 Å². The molecule has 3 heterocycles. The molecule has 3 saturated heterocycles. The SMILES string of the molecule is CC(C)(C)OC(=O)N[C@@H](CN1C[C@H]2C[C@@H]1C(=O)N2[C@@H]1CCc2cc(C(=O)O)ccc21)C(=O)N1[C@H](C#N)C[C@@H]2C[C@@H]21. The van der Waals surface area contributed by atoms with E-state index in [1.165, 1.54) is 0 Å². The van der Waals surface area contributed by atoms with E-state index in [0.717, 1.165) is 30.4 Å². The van der Waals surface area contributed by atoms with Gasteiger partial charge >= 0.3 is 12.1 Å². The number of alkyl carbamates (subject to hydrolysis) is 1. The van der Waals surface area contributed by atoms with Crippen molar-refractivity contribution >= 4 is 23.9 Å². The lowest BCUT2D eigenvalue weighted by molar-refractivity contribution is -0.141. The molecular weight excluding hydrogens is 514 g/mol. The fourth-order valence-corrected chi connectivity index (χ4v) is 7.26. The molecule has 212 valence electrons. The van der Waals surface area contributed by atoms with E-state index in [0.29, 0.717) is 25.3 Å². The summed E-state index contributed by atoms with van der Waals surface area (Å²) in [4.78, 5) is 57.1. The van der Waals surface area contributed by atoms with Crippen LogP contribution in [0.1, 0.15) is 74.0 Å². The standard InChI is InChI=1S/C29H35N5O6/c1-29(2,3)40-28(39)31-21(25(35)33-18(12-30)9-17-10-23(17)33)14-32-13-19-11-24(32)26(36)34(19)22-7-5-15-8-16(27(37)38)4-6-20(15)22/h4,6,8,17-19,21-24H,5,7,9-11,13-14H2,1-3H3,(H,31,39)(H,37,38)/t17-,18+,19-,21+,22-,23+,24-/m1/s1. The number of aromatic carboxylic acids is 1. The number of amides is 3. The molecule has 7 atom stereocenters. The average molecular weight is 550 g/mol. The van der Waals surface area contributed by atoms with Gasteiger partial charge in [-0.2, -0.15) is 5.26 Å². The first-order chi connectivity index (χ1) is 18.9. The van der Waals surface area contributed by atoms with E-state index >= 15 is 0 Å². The van der Waals surface area contributed by atoms with Gasteiger partial charge in [-0.3, -0.25) is 14.5 Å². The minimum atomic E-state index is -0.963. The Morgan fingerprint density at radius 3 is 2.65 bits per heavy atom. The Bertz CT molecular complexity index is 1320. The molecule has 40 heavy (non-hydrogen) atoms. The number of piperidine rings is 1. The van der Waals surface area contributed by atoms with Crippen LogP contribution in [0.25, 0.3) is 0 Å². The molecule has 11 nitrogen and oxygen atoms in total. The Kier molecular flexibility index (Phi) is 6.29. The number of carboxylic acid groups (broad SMARTS) is 1. The molecule has 3 amide bonds. The number of hydrogen-bond donors (Lipinski definition) is 2. The maximum Gasteiger partial charge on any atom is 0.408 e. The number of carbonyl (C=O) groups is 4. The van der Waals surface area contributed by atoms with Gasteiger partial charge in [0.05, 0.1) is 23.7 Å². The summed E-state index contributed by atoms with van der Waals surface area (Å²) < 4.78 is 5.44. The number of rotatable bonds is 6. The largest absolute Gasteiger partial charge is 0.478 e.